The highest BCUT2D eigenvalue weighted by Gasteiger charge is 2.35. The molecule has 0 bridgehead atoms. The van der Waals surface area contributed by atoms with Crippen molar-refractivity contribution in [3.63, 3.8) is 0 Å². The van der Waals surface area contributed by atoms with Gasteiger partial charge >= 0.3 is 6.18 Å². The Morgan fingerprint density at radius 3 is 2.69 bits per heavy atom. The van der Waals surface area contributed by atoms with Crippen LogP contribution in [-0.4, -0.2) is 28.5 Å². The largest absolute Gasteiger partial charge is 0.451 e. The molecule has 0 aliphatic heterocycles. The second-order valence-corrected chi connectivity index (χ2v) is 4.19. The second kappa shape index (κ2) is 5.58. The molecule has 0 radical (unpaired) electrons. The van der Waals surface area contributed by atoms with E-state index in [2.05, 4.69) is 15.3 Å². The maximum Gasteiger partial charge on any atom is 0.451 e. The molecule has 8 heteroatoms. The van der Waals surface area contributed by atoms with Crippen LogP contribution >= 0.6 is 23.4 Å². The van der Waals surface area contributed by atoms with E-state index in [4.69, 9.17) is 11.6 Å². The minimum absolute atomic E-state index is 0.0846. The zero-order chi connectivity index (χ0) is 12.2. The number of alkyl halides is 3. The van der Waals surface area contributed by atoms with Gasteiger partial charge in [-0.25, -0.2) is 9.97 Å². The number of nitrogens with one attached hydrogen (secondary N) is 1. The predicted octanol–water partition coefficient (Wildman–Crippen LogP) is 2.92. The standard InChI is InChI=1S/C8H9ClF3N3S/c1-16-3-2-13-6-4-5(9)14-7(15-6)8(10,11)12/h4H,2-3H2,1H3,(H,13,14,15). The van der Waals surface area contributed by atoms with Gasteiger partial charge in [-0.15, -0.1) is 0 Å². The Labute approximate surface area is 99.8 Å². The molecule has 0 atom stereocenters. The van der Waals surface area contributed by atoms with Crippen molar-refractivity contribution in [3.05, 3.63) is 17.0 Å². The number of thioether (sulfide) groups is 1. The Morgan fingerprint density at radius 1 is 1.44 bits per heavy atom. The van der Waals surface area contributed by atoms with Crippen molar-refractivity contribution in [1.82, 2.24) is 9.97 Å². The van der Waals surface area contributed by atoms with Crippen LogP contribution in [0.15, 0.2) is 6.07 Å². The van der Waals surface area contributed by atoms with Gasteiger partial charge in [-0.3, -0.25) is 0 Å². The van der Waals surface area contributed by atoms with E-state index >= 15 is 0 Å². The van der Waals surface area contributed by atoms with Gasteiger partial charge in [-0.1, -0.05) is 11.6 Å². The number of nitrogens with zero attached hydrogens (tertiary/aromatic N) is 2. The molecule has 1 heterocycles. The third-order valence-corrected chi connectivity index (χ3v) is 2.37. The first-order chi connectivity index (χ1) is 7.43. The number of rotatable bonds is 4. The fraction of sp³-hybridized carbons (Fsp3) is 0.500. The summed E-state index contributed by atoms with van der Waals surface area (Å²) in [5.74, 6) is -0.379. The molecule has 90 valence electrons. The zero-order valence-electron chi connectivity index (χ0n) is 8.31. The van der Waals surface area contributed by atoms with Crippen LogP contribution in [0.1, 0.15) is 5.82 Å². The summed E-state index contributed by atoms with van der Waals surface area (Å²) in [7, 11) is 0. The first-order valence-corrected chi connectivity index (χ1v) is 6.05. The molecule has 0 saturated carbocycles. The van der Waals surface area contributed by atoms with E-state index in [1.165, 1.54) is 6.07 Å². The van der Waals surface area contributed by atoms with E-state index in [1.807, 2.05) is 6.26 Å². The number of anilines is 1. The van der Waals surface area contributed by atoms with Crippen molar-refractivity contribution in [1.29, 1.82) is 0 Å². The SMILES string of the molecule is CSCCNc1cc(Cl)nc(C(F)(F)F)n1. The van der Waals surface area contributed by atoms with Gasteiger partial charge in [0.05, 0.1) is 0 Å². The molecule has 3 nitrogen and oxygen atoms in total. The monoisotopic (exact) mass is 271 g/mol. The number of hydrogen-bond acceptors (Lipinski definition) is 4. The van der Waals surface area contributed by atoms with Crippen LogP contribution < -0.4 is 5.32 Å². The first-order valence-electron chi connectivity index (χ1n) is 4.28. The maximum absolute atomic E-state index is 12.3. The molecule has 0 aromatic carbocycles. The van der Waals surface area contributed by atoms with Crippen molar-refractivity contribution >= 4 is 29.2 Å². The molecule has 16 heavy (non-hydrogen) atoms. The van der Waals surface area contributed by atoms with Crippen molar-refractivity contribution in [3.8, 4) is 0 Å². The molecule has 1 aromatic rings. The van der Waals surface area contributed by atoms with Gasteiger partial charge in [0.25, 0.3) is 0 Å². The fourth-order valence-electron chi connectivity index (χ4n) is 0.916. The highest BCUT2D eigenvalue weighted by atomic mass is 35.5. The van der Waals surface area contributed by atoms with Crippen LogP contribution in [-0.2, 0) is 6.18 Å². The van der Waals surface area contributed by atoms with Crippen molar-refractivity contribution in [2.75, 3.05) is 23.9 Å². The summed E-state index contributed by atoms with van der Waals surface area (Å²) >= 11 is 7.05. The normalized spacial score (nSPS) is 11.6. The lowest BCUT2D eigenvalue weighted by atomic mass is 10.5. The minimum atomic E-state index is -4.58. The molecule has 0 aliphatic rings. The summed E-state index contributed by atoms with van der Waals surface area (Å²) in [6.07, 6.45) is -2.68. The van der Waals surface area contributed by atoms with Crippen LogP contribution in [0.3, 0.4) is 0 Å². The smallest absolute Gasteiger partial charge is 0.369 e. The van der Waals surface area contributed by atoms with Crippen molar-refractivity contribution in [2.24, 2.45) is 0 Å². The van der Waals surface area contributed by atoms with E-state index in [0.717, 1.165) is 5.75 Å². The fourth-order valence-corrected chi connectivity index (χ4v) is 1.41. The van der Waals surface area contributed by atoms with Crippen LogP contribution in [0.2, 0.25) is 5.15 Å². The van der Waals surface area contributed by atoms with Gasteiger partial charge in [0.1, 0.15) is 11.0 Å². The van der Waals surface area contributed by atoms with Crippen molar-refractivity contribution < 1.29 is 13.2 Å². The highest BCUT2D eigenvalue weighted by molar-refractivity contribution is 7.98. The van der Waals surface area contributed by atoms with Crippen molar-refractivity contribution in [2.45, 2.75) is 6.18 Å². The predicted molar refractivity (Wildman–Crippen MR) is 58.9 cm³/mol. The van der Waals surface area contributed by atoms with Crippen LogP contribution in [0.4, 0.5) is 19.0 Å². The van der Waals surface area contributed by atoms with Gasteiger partial charge in [0, 0.05) is 18.4 Å². The molecule has 1 N–H and O–H groups in total. The Kier molecular flexibility index (Phi) is 4.67. The summed E-state index contributed by atoms with van der Waals surface area (Å²) in [6, 6.07) is 1.26. The number of aromatic nitrogens is 2. The van der Waals surface area contributed by atoms with Gasteiger partial charge in [-0.05, 0) is 6.26 Å². The third kappa shape index (κ3) is 4.05. The summed E-state index contributed by atoms with van der Waals surface area (Å²) in [6.45, 7) is 0.520. The van der Waals surface area contributed by atoms with E-state index in [1.54, 1.807) is 11.8 Å². The topological polar surface area (TPSA) is 37.8 Å². The minimum Gasteiger partial charge on any atom is -0.369 e. The molecular weight excluding hydrogens is 263 g/mol. The van der Waals surface area contributed by atoms with Gasteiger partial charge in [-0.2, -0.15) is 24.9 Å². The molecule has 0 saturated heterocycles. The lowest BCUT2D eigenvalue weighted by Crippen LogP contribution is -2.14. The Hall–Kier alpha value is -0.690. The van der Waals surface area contributed by atoms with Crippen LogP contribution in [0.25, 0.3) is 0 Å². The van der Waals surface area contributed by atoms with Gasteiger partial charge in [0.15, 0.2) is 0 Å². The molecular formula is C8H9ClF3N3S. The molecule has 1 rings (SSSR count). The quantitative estimate of drug-likeness (QED) is 0.675. The van der Waals surface area contributed by atoms with Gasteiger partial charge in [0.2, 0.25) is 5.82 Å². The molecule has 0 unspecified atom stereocenters. The number of hydrogen-bond donors (Lipinski definition) is 1. The average Bonchev–Trinajstić information content (AvgIpc) is 2.16. The Bertz CT molecular complexity index is 359. The molecule has 0 aliphatic carbocycles. The lowest BCUT2D eigenvalue weighted by Gasteiger charge is -2.09. The Morgan fingerprint density at radius 2 is 2.12 bits per heavy atom. The van der Waals surface area contributed by atoms with Crippen LogP contribution in [0, 0.1) is 0 Å². The molecule has 0 fully saturated rings. The zero-order valence-corrected chi connectivity index (χ0v) is 9.88. The lowest BCUT2D eigenvalue weighted by molar-refractivity contribution is -0.144. The van der Waals surface area contributed by atoms with E-state index in [9.17, 15) is 13.2 Å². The first kappa shape index (κ1) is 13.4. The van der Waals surface area contributed by atoms with Crippen LogP contribution in [0.5, 0.6) is 0 Å². The second-order valence-electron chi connectivity index (χ2n) is 2.82. The molecule has 0 spiro atoms. The maximum atomic E-state index is 12.3. The average molecular weight is 272 g/mol. The van der Waals surface area contributed by atoms with E-state index < -0.39 is 12.0 Å². The Balaban J connectivity index is 2.82. The summed E-state index contributed by atoms with van der Waals surface area (Å²) < 4.78 is 37.0. The van der Waals surface area contributed by atoms with E-state index in [-0.39, 0.29) is 11.0 Å². The molecule has 0 amide bonds. The summed E-state index contributed by atoms with van der Waals surface area (Å²) in [5.41, 5.74) is 0. The molecule has 1 aromatic heterocycles. The van der Waals surface area contributed by atoms with Gasteiger partial charge < -0.3 is 5.32 Å². The summed E-state index contributed by atoms with van der Waals surface area (Å²) in [5, 5.41) is 2.51. The summed E-state index contributed by atoms with van der Waals surface area (Å²) in [4.78, 5) is 6.45. The third-order valence-electron chi connectivity index (χ3n) is 1.56. The highest BCUT2D eigenvalue weighted by Crippen LogP contribution is 2.28. The number of halogens is 4. The van der Waals surface area contributed by atoms with E-state index in [0.29, 0.717) is 6.54 Å².